The molecule has 0 aliphatic carbocycles. The van der Waals surface area contributed by atoms with Crippen LogP contribution in [-0.2, 0) is 4.79 Å². The van der Waals surface area contributed by atoms with Crippen molar-refractivity contribution in [2.24, 2.45) is 5.92 Å². The zero-order chi connectivity index (χ0) is 18.5. The summed E-state index contributed by atoms with van der Waals surface area (Å²) < 4.78 is 0.951. The van der Waals surface area contributed by atoms with Crippen molar-refractivity contribution in [1.82, 2.24) is 10.3 Å². The number of likely N-dealkylation sites (tertiary alicyclic amines) is 1. The third-order valence-corrected chi connectivity index (χ3v) is 5.19. The standard InChI is InChI=1S/C20H22BrN3O2/c1-23(18-5-3-2-4-6-18)22-19(25)15-11-13-24(14-12-15)20(26)16-7-9-17(21)10-8-16/h2-10,15H,11-14H2,1H3,(H,22,25). The van der Waals surface area contributed by atoms with E-state index in [1.165, 1.54) is 0 Å². The van der Waals surface area contributed by atoms with E-state index in [1.807, 2.05) is 66.5 Å². The van der Waals surface area contributed by atoms with Crippen LogP contribution in [-0.4, -0.2) is 36.9 Å². The molecule has 3 rings (SSSR count). The van der Waals surface area contributed by atoms with E-state index in [4.69, 9.17) is 0 Å². The third-order valence-electron chi connectivity index (χ3n) is 4.67. The molecule has 1 heterocycles. The monoisotopic (exact) mass is 415 g/mol. The number of halogens is 1. The van der Waals surface area contributed by atoms with Crippen LogP contribution in [0.3, 0.4) is 0 Å². The lowest BCUT2D eigenvalue weighted by atomic mass is 9.95. The van der Waals surface area contributed by atoms with Gasteiger partial charge in [0, 0.05) is 36.1 Å². The first-order chi connectivity index (χ1) is 12.5. The van der Waals surface area contributed by atoms with Crippen molar-refractivity contribution in [2.75, 3.05) is 25.1 Å². The number of para-hydroxylation sites is 1. The molecule has 0 aromatic heterocycles. The quantitative estimate of drug-likeness (QED) is 0.777. The van der Waals surface area contributed by atoms with Crippen LogP contribution in [0.1, 0.15) is 23.2 Å². The van der Waals surface area contributed by atoms with Crippen LogP contribution in [0.15, 0.2) is 59.1 Å². The van der Waals surface area contributed by atoms with Crippen molar-refractivity contribution in [3.8, 4) is 0 Å². The van der Waals surface area contributed by atoms with Gasteiger partial charge in [0.15, 0.2) is 0 Å². The van der Waals surface area contributed by atoms with Crippen molar-refractivity contribution >= 4 is 33.4 Å². The Balaban J connectivity index is 1.52. The second kappa shape index (κ2) is 8.36. The highest BCUT2D eigenvalue weighted by Gasteiger charge is 2.28. The SMILES string of the molecule is CN(NC(=O)C1CCN(C(=O)c2ccc(Br)cc2)CC1)c1ccccc1. The molecule has 1 fully saturated rings. The molecule has 6 heteroatoms. The maximum Gasteiger partial charge on any atom is 0.253 e. The van der Waals surface area contributed by atoms with Gasteiger partial charge < -0.3 is 4.90 Å². The minimum Gasteiger partial charge on any atom is -0.339 e. The highest BCUT2D eigenvalue weighted by Crippen LogP contribution is 2.21. The zero-order valence-electron chi connectivity index (χ0n) is 14.7. The van der Waals surface area contributed by atoms with E-state index >= 15 is 0 Å². The first-order valence-electron chi connectivity index (χ1n) is 8.68. The van der Waals surface area contributed by atoms with Gasteiger partial charge in [0.05, 0.1) is 5.69 Å². The van der Waals surface area contributed by atoms with Crippen LogP contribution in [0, 0.1) is 5.92 Å². The number of amides is 2. The number of anilines is 1. The van der Waals surface area contributed by atoms with Gasteiger partial charge in [-0.1, -0.05) is 34.1 Å². The highest BCUT2D eigenvalue weighted by atomic mass is 79.9. The molecule has 0 atom stereocenters. The number of piperidine rings is 1. The summed E-state index contributed by atoms with van der Waals surface area (Å²) in [7, 11) is 1.83. The Kier molecular flexibility index (Phi) is 5.93. The molecule has 1 aliphatic heterocycles. The van der Waals surface area contributed by atoms with Crippen LogP contribution in [0.5, 0.6) is 0 Å². The Morgan fingerprint density at radius 2 is 1.65 bits per heavy atom. The average Bonchev–Trinajstić information content (AvgIpc) is 2.69. The Hall–Kier alpha value is -2.34. The van der Waals surface area contributed by atoms with E-state index in [2.05, 4.69) is 21.4 Å². The van der Waals surface area contributed by atoms with Gasteiger partial charge in [-0.15, -0.1) is 0 Å². The van der Waals surface area contributed by atoms with Gasteiger partial charge >= 0.3 is 0 Å². The van der Waals surface area contributed by atoms with Crippen LogP contribution >= 0.6 is 15.9 Å². The topological polar surface area (TPSA) is 52.7 Å². The van der Waals surface area contributed by atoms with Crippen LogP contribution in [0.4, 0.5) is 5.69 Å². The van der Waals surface area contributed by atoms with E-state index in [-0.39, 0.29) is 17.7 Å². The Labute approximate surface area is 162 Å². The molecule has 0 bridgehead atoms. The molecule has 1 N–H and O–H groups in total. The van der Waals surface area contributed by atoms with Gasteiger partial charge in [0.1, 0.15) is 0 Å². The summed E-state index contributed by atoms with van der Waals surface area (Å²) in [4.78, 5) is 26.9. The van der Waals surface area contributed by atoms with Crippen LogP contribution < -0.4 is 10.4 Å². The molecule has 0 unspecified atom stereocenters. The Bertz CT molecular complexity index is 756. The van der Waals surface area contributed by atoms with Crippen molar-refractivity contribution in [3.05, 3.63) is 64.6 Å². The number of rotatable bonds is 4. The maximum atomic E-state index is 12.6. The molecule has 2 amide bonds. The number of nitrogens with zero attached hydrogens (tertiary/aromatic N) is 2. The van der Waals surface area contributed by atoms with Gasteiger partial charge in [-0.3, -0.25) is 20.0 Å². The molecule has 2 aromatic carbocycles. The smallest absolute Gasteiger partial charge is 0.253 e. The Morgan fingerprint density at radius 1 is 1.04 bits per heavy atom. The van der Waals surface area contributed by atoms with Gasteiger partial charge in [0.2, 0.25) is 5.91 Å². The summed E-state index contributed by atoms with van der Waals surface area (Å²) in [6.07, 6.45) is 1.35. The fourth-order valence-corrected chi connectivity index (χ4v) is 3.36. The van der Waals surface area contributed by atoms with Crippen molar-refractivity contribution in [3.63, 3.8) is 0 Å². The van der Waals surface area contributed by atoms with E-state index in [9.17, 15) is 9.59 Å². The number of hydrazine groups is 1. The van der Waals surface area contributed by atoms with Gasteiger partial charge in [0.25, 0.3) is 5.91 Å². The van der Waals surface area contributed by atoms with Crippen molar-refractivity contribution < 1.29 is 9.59 Å². The molecular weight excluding hydrogens is 394 g/mol. The van der Waals surface area contributed by atoms with Crippen molar-refractivity contribution in [2.45, 2.75) is 12.8 Å². The molecule has 0 saturated carbocycles. The average molecular weight is 416 g/mol. The second-order valence-corrected chi connectivity index (χ2v) is 7.36. The summed E-state index contributed by atoms with van der Waals surface area (Å²) in [6.45, 7) is 1.20. The predicted octanol–water partition coefficient (Wildman–Crippen LogP) is 3.47. The third kappa shape index (κ3) is 4.43. The number of carbonyl (C=O) groups is 2. The zero-order valence-corrected chi connectivity index (χ0v) is 16.3. The minimum atomic E-state index is -0.0740. The summed E-state index contributed by atoms with van der Waals surface area (Å²) in [6, 6.07) is 17.1. The molecular formula is C20H22BrN3O2. The molecule has 0 spiro atoms. The van der Waals surface area contributed by atoms with Crippen molar-refractivity contribution in [1.29, 1.82) is 0 Å². The summed E-state index contributed by atoms with van der Waals surface area (Å²) in [5.41, 5.74) is 4.55. The fourth-order valence-electron chi connectivity index (χ4n) is 3.09. The van der Waals surface area contributed by atoms with Crippen LogP contribution in [0.2, 0.25) is 0 Å². The molecule has 2 aromatic rings. The number of benzene rings is 2. The first kappa shape index (κ1) is 18.5. The maximum absolute atomic E-state index is 12.6. The number of carbonyl (C=O) groups excluding carboxylic acids is 2. The van der Waals surface area contributed by atoms with E-state index in [0.717, 1.165) is 10.2 Å². The fraction of sp³-hybridized carbons (Fsp3) is 0.300. The normalized spacial score (nSPS) is 14.8. The van der Waals surface area contributed by atoms with E-state index in [1.54, 1.807) is 5.01 Å². The van der Waals surface area contributed by atoms with Gasteiger partial charge in [-0.2, -0.15) is 0 Å². The van der Waals surface area contributed by atoms with E-state index < -0.39 is 0 Å². The number of nitrogens with one attached hydrogen (secondary N) is 1. The largest absolute Gasteiger partial charge is 0.339 e. The predicted molar refractivity (Wildman–Crippen MR) is 106 cm³/mol. The van der Waals surface area contributed by atoms with Gasteiger partial charge in [-0.05, 0) is 49.2 Å². The molecule has 136 valence electrons. The lowest BCUT2D eigenvalue weighted by molar-refractivity contribution is -0.126. The highest BCUT2D eigenvalue weighted by molar-refractivity contribution is 9.10. The lowest BCUT2D eigenvalue weighted by Crippen LogP contribution is -2.47. The molecule has 1 saturated heterocycles. The molecule has 26 heavy (non-hydrogen) atoms. The van der Waals surface area contributed by atoms with Gasteiger partial charge in [-0.25, -0.2) is 0 Å². The summed E-state index contributed by atoms with van der Waals surface area (Å²) in [5, 5.41) is 1.74. The first-order valence-corrected chi connectivity index (χ1v) is 9.48. The lowest BCUT2D eigenvalue weighted by Gasteiger charge is -2.32. The van der Waals surface area contributed by atoms with Crippen LogP contribution in [0.25, 0.3) is 0 Å². The molecule has 1 aliphatic rings. The number of hydrogen-bond donors (Lipinski definition) is 1. The molecule has 0 radical (unpaired) electrons. The minimum absolute atomic E-state index is 0.00657. The van der Waals surface area contributed by atoms with E-state index in [0.29, 0.717) is 31.5 Å². The second-order valence-electron chi connectivity index (χ2n) is 6.44. The number of hydrogen-bond acceptors (Lipinski definition) is 3. The summed E-state index contributed by atoms with van der Waals surface area (Å²) in [5.74, 6) is -0.0417. The Morgan fingerprint density at radius 3 is 2.27 bits per heavy atom. The summed E-state index contributed by atoms with van der Waals surface area (Å²) >= 11 is 3.38. The molecule has 5 nitrogen and oxygen atoms in total.